The van der Waals surface area contributed by atoms with Crippen LogP contribution in [0.1, 0.15) is 39.0 Å². The summed E-state index contributed by atoms with van der Waals surface area (Å²) in [5.74, 6) is 0.0152. The molecule has 4 amide bonds. The maximum Gasteiger partial charge on any atom is 0.328 e. The van der Waals surface area contributed by atoms with Crippen LogP contribution >= 0.6 is 0 Å². The van der Waals surface area contributed by atoms with E-state index in [9.17, 15) is 14.4 Å². The molecule has 29 heavy (non-hydrogen) atoms. The second-order valence-corrected chi connectivity index (χ2v) is 8.16. The lowest BCUT2D eigenvalue weighted by molar-refractivity contribution is -0.139. The van der Waals surface area contributed by atoms with E-state index in [0.29, 0.717) is 18.7 Å². The SMILES string of the molecule is COc1ccc2[nH]c3c(c2c1)CCN1C(=O)N(C(C)C(=O)NC(C)C)C(=O)C31C. The van der Waals surface area contributed by atoms with E-state index in [4.69, 9.17) is 4.74 Å². The Bertz CT molecular complexity index is 1030. The molecule has 2 aromatic rings. The van der Waals surface area contributed by atoms with Crippen molar-refractivity contribution in [3.63, 3.8) is 0 Å². The van der Waals surface area contributed by atoms with Crippen molar-refractivity contribution in [3.8, 4) is 5.75 Å². The van der Waals surface area contributed by atoms with Crippen LogP contribution < -0.4 is 10.1 Å². The lowest BCUT2D eigenvalue weighted by Crippen LogP contribution is -2.50. The summed E-state index contributed by atoms with van der Waals surface area (Å²) in [5, 5.41) is 3.77. The van der Waals surface area contributed by atoms with Gasteiger partial charge in [0.25, 0.3) is 5.91 Å². The number of rotatable bonds is 4. The third kappa shape index (κ3) is 2.62. The number of carbonyl (C=O) groups is 3. The predicted molar refractivity (Wildman–Crippen MR) is 108 cm³/mol. The largest absolute Gasteiger partial charge is 0.497 e. The fourth-order valence-corrected chi connectivity index (χ4v) is 4.44. The Hall–Kier alpha value is -3.03. The van der Waals surface area contributed by atoms with Crippen LogP contribution in [0.2, 0.25) is 0 Å². The Labute approximate surface area is 169 Å². The first-order valence-electron chi connectivity index (χ1n) is 9.84. The highest BCUT2D eigenvalue weighted by molar-refractivity contribution is 6.11. The predicted octanol–water partition coefficient (Wildman–Crippen LogP) is 2.13. The number of benzene rings is 1. The topological polar surface area (TPSA) is 94.7 Å². The lowest BCUT2D eigenvalue weighted by Gasteiger charge is -2.36. The molecule has 0 aliphatic carbocycles. The normalized spacial score (nSPS) is 22.1. The number of imide groups is 1. The van der Waals surface area contributed by atoms with Gasteiger partial charge in [0.15, 0.2) is 5.54 Å². The highest BCUT2D eigenvalue weighted by Crippen LogP contribution is 2.45. The molecule has 2 atom stereocenters. The summed E-state index contributed by atoms with van der Waals surface area (Å²) < 4.78 is 5.34. The summed E-state index contributed by atoms with van der Waals surface area (Å²) in [6.07, 6.45) is 0.623. The average Bonchev–Trinajstić information content (AvgIpc) is 3.14. The number of hydrogen-bond acceptors (Lipinski definition) is 4. The Balaban J connectivity index is 1.78. The van der Waals surface area contributed by atoms with Gasteiger partial charge in [-0.25, -0.2) is 9.69 Å². The summed E-state index contributed by atoms with van der Waals surface area (Å²) in [5.41, 5.74) is 1.45. The van der Waals surface area contributed by atoms with Gasteiger partial charge < -0.3 is 19.9 Å². The van der Waals surface area contributed by atoms with Crippen molar-refractivity contribution in [2.45, 2.75) is 51.7 Å². The maximum absolute atomic E-state index is 13.5. The number of fused-ring (bicyclic) bond motifs is 5. The summed E-state index contributed by atoms with van der Waals surface area (Å²) in [6.45, 7) is 7.44. The first kappa shape index (κ1) is 19.3. The third-order valence-corrected chi connectivity index (χ3v) is 6.00. The number of hydrogen-bond donors (Lipinski definition) is 2. The smallest absolute Gasteiger partial charge is 0.328 e. The van der Waals surface area contributed by atoms with Gasteiger partial charge in [0, 0.05) is 23.5 Å². The summed E-state index contributed by atoms with van der Waals surface area (Å²) >= 11 is 0. The van der Waals surface area contributed by atoms with Crippen LogP contribution in [0.25, 0.3) is 10.9 Å². The molecule has 2 unspecified atom stereocenters. The summed E-state index contributed by atoms with van der Waals surface area (Å²) in [6, 6.07) is 4.33. The number of nitrogens with zero attached hydrogens (tertiary/aromatic N) is 2. The van der Waals surface area contributed by atoms with Crippen molar-refractivity contribution >= 4 is 28.7 Å². The fraction of sp³-hybridized carbons (Fsp3) is 0.476. The summed E-state index contributed by atoms with van der Waals surface area (Å²) in [7, 11) is 1.62. The van der Waals surface area contributed by atoms with E-state index in [0.717, 1.165) is 27.1 Å². The zero-order valence-corrected chi connectivity index (χ0v) is 17.3. The van der Waals surface area contributed by atoms with E-state index >= 15 is 0 Å². The minimum absolute atomic E-state index is 0.0776. The van der Waals surface area contributed by atoms with Gasteiger partial charge in [0.1, 0.15) is 11.8 Å². The monoisotopic (exact) mass is 398 g/mol. The minimum Gasteiger partial charge on any atom is -0.497 e. The van der Waals surface area contributed by atoms with E-state index < -0.39 is 17.6 Å². The molecule has 2 aliphatic heterocycles. The molecule has 3 heterocycles. The lowest BCUT2D eigenvalue weighted by atomic mass is 9.87. The number of ether oxygens (including phenoxy) is 1. The molecule has 154 valence electrons. The molecule has 2 N–H and O–H groups in total. The van der Waals surface area contributed by atoms with E-state index in [2.05, 4.69) is 10.3 Å². The van der Waals surface area contributed by atoms with Gasteiger partial charge in [-0.05, 0) is 57.9 Å². The Kier molecular flexibility index (Phi) is 4.33. The molecule has 1 fully saturated rings. The number of carbonyl (C=O) groups excluding carboxylic acids is 3. The Morgan fingerprint density at radius 3 is 2.66 bits per heavy atom. The van der Waals surface area contributed by atoms with E-state index in [-0.39, 0.29) is 17.9 Å². The number of methoxy groups -OCH3 is 1. The Morgan fingerprint density at radius 2 is 2.00 bits per heavy atom. The van der Waals surface area contributed by atoms with Gasteiger partial charge >= 0.3 is 6.03 Å². The maximum atomic E-state index is 13.5. The standard InChI is InChI=1S/C21H26N4O4/c1-11(2)22-18(26)12(3)25-19(27)21(4)17-14(8-9-24(21)20(25)28)15-10-13(29-5)6-7-16(15)23-17/h6-7,10-12,23H,8-9H2,1-5H3,(H,22,26). The van der Waals surface area contributed by atoms with Crippen molar-refractivity contribution in [2.75, 3.05) is 13.7 Å². The van der Waals surface area contributed by atoms with Gasteiger partial charge in [0.2, 0.25) is 5.91 Å². The molecule has 1 saturated heterocycles. The average molecular weight is 398 g/mol. The van der Waals surface area contributed by atoms with Crippen LogP contribution in [0, 0.1) is 0 Å². The fourth-order valence-electron chi connectivity index (χ4n) is 4.44. The molecule has 1 aromatic heterocycles. The van der Waals surface area contributed by atoms with Crippen LogP contribution in [0.5, 0.6) is 5.75 Å². The number of H-pyrrole nitrogens is 1. The molecule has 0 radical (unpaired) electrons. The zero-order chi connectivity index (χ0) is 21.1. The van der Waals surface area contributed by atoms with Gasteiger partial charge in [-0.1, -0.05) is 0 Å². The van der Waals surface area contributed by atoms with Crippen LogP contribution in [0.15, 0.2) is 18.2 Å². The van der Waals surface area contributed by atoms with Crippen LogP contribution in [0.4, 0.5) is 4.79 Å². The molecule has 0 spiro atoms. The van der Waals surface area contributed by atoms with Crippen LogP contribution in [0.3, 0.4) is 0 Å². The van der Waals surface area contributed by atoms with E-state index in [1.807, 2.05) is 32.0 Å². The van der Waals surface area contributed by atoms with Crippen LogP contribution in [-0.2, 0) is 21.5 Å². The number of nitrogens with one attached hydrogen (secondary N) is 2. The zero-order valence-electron chi connectivity index (χ0n) is 17.3. The Morgan fingerprint density at radius 1 is 1.28 bits per heavy atom. The van der Waals surface area contributed by atoms with E-state index in [1.165, 1.54) is 0 Å². The van der Waals surface area contributed by atoms with Crippen molar-refractivity contribution in [3.05, 3.63) is 29.5 Å². The first-order valence-corrected chi connectivity index (χ1v) is 9.84. The van der Waals surface area contributed by atoms with Crippen LogP contribution in [-0.4, -0.2) is 58.4 Å². The highest BCUT2D eigenvalue weighted by atomic mass is 16.5. The van der Waals surface area contributed by atoms with Crippen molar-refractivity contribution in [1.29, 1.82) is 0 Å². The van der Waals surface area contributed by atoms with Gasteiger partial charge in [-0.2, -0.15) is 0 Å². The van der Waals surface area contributed by atoms with Gasteiger partial charge in [-0.15, -0.1) is 0 Å². The van der Waals surface area contributed by atoms with Gasteiger partial charge in [-0.3, -0.25) is 9.59 Å². The molecular formula is C21H26N4O4. The van der Waals surface area contributed by atoms with E-state index in [1.54, 1.807) is 25.9 Å². The number of aromatic nitrogens is 1. The molecule has 4 rings (SSSR count). The quantitative estimate of drug-likeness (QED) is 0.772. The molecule has 8 nitrogen and oxygen atoms in total. The van der Waals surface area contributed by atoms with Crippen molar-refractivity contribution in [2.24, 2.45) is 0 Å². The molecule has 1 aromatic carbocycles. The number of urea groups is 1. The molecule has 2 aliphatic rings. The van der Waals surface area contributed by atoms with Crippen molar-refractivity contribution < 1.29 is 19.1 Å². The third-order valence-electron chi connectivity index (χ3n) is 6.00. The molecule has 0 bridgehead atoms. The number of amides is 4. The second-order valence-electron chi connectivity index (χ2n) is 8.16. The van der Waals surface area contributed by atoms with Crippen molar-refractivity contribution in [1.82, 2.24) is 20.1 Å². The van der Waals surface area contributed by atoms with Gasteiger partial charge in [0.05, 0.1) is 12.8 Å². The minimum atomic E-state index is -1.16. The second kappa shape index (κ2) is 6.50. The molecular weight excluding hydrogens is 372 g/mol. The summed E-state index contributed by atoms with van der Waals surface area (Å²) in [4.78, 5) is 45.2. The first-order chi connectivity index (χ1) is 13.7. The molecule has 8 heteroatoms. The number of aromatic amines is 1. The molecule has 0 saturated carbocycles. The highest BCUT2D eigenvalue weighted by Gasteiger charge is 2.60.